The van der Waals surface area contributed by atoms with Crippen molar-refractivity contribution in [2.45, 2.75) is 51.5 Å². The molecule has 1 heterocycles. The summed E-state index contributed by atoms with van der Waals surface area (Å²) in [5.41, 5.74) is 0. The Hall–Kier alpha value is -1.02. The van der Waals surface area contributed by atoms with E-state index in [0.29, 0.717) is 18.8 Å². The van der Waals surface area contributed by atoms with Gasteiger partial charge in [0.1, 0.15) is 17.9 Å². The van der Waals surface area contributed by atoms with Crippen molar-refractivity contribution in [2.75, 3.05) is 13.2 Å². The monoisotopic (exact) mass is 403 g/mol. The van der Waals surface area contributed by atoms with Gasteiger partial charge in [-0.1, -0.05) is 18.2 Å². The number of benzene rings is 1. The molecule has 1 aliphatic rings. The number of hydrogen-bond acceptors (Lipinski definition) is 7. The van der Waals surface area contributed by atoms with Crippen LogP contribution in [0.5, 0.6) is 5.75 Å². The SMILES string of the molecule is CC(C)OC(=O)C(C)NP(=S)(OCC1OCCC1O)Oc1ccccc1. The second-order valence-corrected chi connectivity index (χ2v) is 9.44. The second-order valence-electron chi connectivity index (χ2n) is 6.30. The highest BCUT2D eigenvalue weighted by Crippen LogP contribution is 2.45. The molecular formula is C17H26NO6PS. The molecule has 1 saturated heterocycles. The van der Waals surface area contributed by atoms with Crippen molar-refractivity contribution >= 4 is 24.4 Å². The highest BCUT2D eigenvalue weighted by molar-refractivity contribution is 8.09. The first-order chi connectivity index (χ1) is 12.3. The molecule has 4 atom stereocenters. The maximum Gasteiger partial charge on any atom is 0.323 e. The number of hydrogen-bond donors (Lipinski definition) is 2. The molecule has 0 aromatic heterocycles. The quantitative estimate of drug-likeness (QED) is 0.480. The molecule has 2 N–H and O–H groups in total. The number of aliphatic hydroxyl groups is 1. The van der Waals surface area contributed by atoms with Crippen LogP contribution >= 0.6 is 6.64 Å². The van der Waals surface area contributed by atoms with E-state index in [1.54, 1.807) is 32.9 Å². The average Bonchev–Trinajstić information content (AvgIpc) is 2.98. The van der Waals surface area contributed by atoms with E-state index >= 15 is 0 Å². The Morgan fingerprint density at radius 1 is 1.38 bits per heavy atom. The topological polar surface area (TPSA) is 86.3 Å². The Morgan fingerprint density at radius 2 is 2.08 bits per heavy atom. The number of ether oxygens (including phenoxy) is 2. The number of carbonyl (C=O) groups excluding carboxylic acids is 1. The minimum atomic E-state index is -3.08. The van der Waals surface area contributed by atoms with E-state index in [2.05, 4.69) is 5.09 Å². The zero-order chi connectivity index (χ0) is 19.2. The fraction of sp³-hybridized carbons (Fsp3) is 0.588. The van der Waals surface area contributed by atoms with Gasteiger partial charge in [0, 0.05) is 6.61 Å². The van der Waals surface area contributed by atoms with Crippen LogP contribution < -0.4 is 9.61 Å². The van der Waals surface area contributed by atoms with Crippen LogP contribution in [0.15, 0.2) is 30.3 Å². The lowest BCUT2D eigenvalue weighted by molar-refractivity contribution is -0.149. The van der Waals surface area contributed by atoms with E-state index in [0.717, 1.165) is 0 Å². The molecular weight excluding hydrogens is 377 g/mol. The Kier molecular flexibility index (Phi) is 8.01. The van der Waals surface area contributed by atoms with Crippen LogP contribution in [0.1, 0.15) is 27.2 Å². The molecule has 0 spiro atoms. The van der Waals surface area contributed by atoms with E-state index in [-0.39, 0.29) is 12.7 Å². The molecule has 1 fully saturated rings. The second kappa shape index (κ2) is 9.78. The van der Waals surface area contributed by atoms with E-state index in [1.165, 1.54) is 0 Å². The number of esters is 1. The number of nitrogens with one attached hydrogen (secondary N) is 1. The molecule has 146 valence electrons. The van der Waals surface area contributed by atoms with E-state index in [1.807, 2.05) is 18.2 Å². The van der Waals surface area contributed by atoms with Gasteiger partial charge in [-0.3, -0.25) is 4.79 Å². The predicted molar refractivity (Wildman–Crippen MR) is 101 cm³/mol. The van der Waals surface area contributed by atoms with Gasteiger partial charge in [0.25, 0.3) is 0 Å². The molecule has 1 aromatic rings. The minimum Gasteiger partial charge on any atom is -0.462 e. The molecule has 26 heavy (non-hydrogen) atoms. The zero-order valence-corrected chi connectivity index (χ0v) is 16.9. The van der Waals surface area contributed by atoms with Crippen molar-refractivity contribution in [3.05, 3.63) is 30.3 Å². The highest BCUT2D eigenvalue weighted by atomic mass is 32.5. The zero-order valence-electron chi connectivity index (χ0n) is 15.2. The Labute approximate surface area is 159 Å². The van der Waals surface area contributed by atoms with Crippen LogP contribution in [0.4, 0.5) is 0 Å². The summed E-state index contributed by atoms with van der Waals surface area (Å²) in [5.74, 6) is 0.0901. The van der Waals surface area contributed by atoms with Crippen LogP contribution in [-0.4, -0.2) is 48.6 Å². The third kappa shape index (κ3) is 6.61. The number of para-hydroxylation sites is 1. The van der Waals surface area contributed by atoms with Crippen molar-refractivity contribution in [3.8, 4) is 5.75 Å². The summed E-state index contributed by atoms with van der Waals surface area (Å²) in [6.45, 7) is 2.66. The summed E-state index contributed by atoms with van der Waals surface area (Å²) >= 11 is 5.58. The predicted octanol–water partition coefficient (Wildman–Crippen LogP) is 2.39. The molecule has 1 aromatic carbocycles. The normalized spacial score (nSPS) is 23.4. The fourth-order valence-corrected chi connectivity index (χ4v) is 4.72. The number of rotatable bonds is 9. The summed E-state index contributed by atoms with van der Waals surface area (Å²) in [6.07, 6.45) is -0.737. The summed E-state index contributed by atoms with van der Waals surface area (Å²) < 4.78 is 22.3. The van der Waals surface area contributed by atoms with E-state index in [4.69, 9.17) is 30.3 Å². The molecule has 0 amide bonds. The molecule has 0 bridgehead atoms. The summed E-state index contributed by atoms with van der Waals surface area (Å²) in [5, 5.41) is 12.8. The smallest absolute Gasteiger partial charge is 0.323 e. The maximum absolute atomic E-state index is 12.1. The van der Waals surface area contributed by atoms with Gasteiger partial charge in [-0.2, -0.15) is 0 Å². The van der Waals surface area contributed by atoms with Gasteiger partial charge in [0.05, 0.1) is 18.8 Å². The van der Waals surface area contributed by atoms with Crippen LogP contribution in [0, 0.1) is 0 Å². The standard InChI is InChI=1S/C17H26NO6PS/c1-12(2)23-17(20)13(3)18-25(26,24-14-7-5-4-6-8-14)22-11-16-15(19)9-10-21-16/h4-8,12-13,15-16,19H,9-11H2,1-3H3,(H,18,26). The largest absolute Gasteiger partial charge is 0.462 e. The molecule has 9 heteroatoms. The van der Waals surface area contributed by atoms with Crippen LogP contribution in [0.3, 0.4) is 0 Å². The molecule has 0 aliphatic carbocycles. The van der Waals surface area contributed by atoms with Crippen LogP contribution in [0.2, 0.25) is 0 Å². The van der Waals surface area contributed by atoms with E-state index in [9.17, 15) is 9.90 Å². The summed E-state index contributed by atoms with van der Waals surface area (Å²) in [7, 11) is 0. The molecule has 1 aliphatic heterocycles. The van der Waals surface area contributed by atoms with Gasteiger partial charge in [-0.25, -0.2) is 5.09 Å². The first kappa shape index (κ1) is 21.3. The van der Waals surface area contributed by atoms with Crippen molar-refractivity contribution < 1.29 is 28.4 Å². The molecule has 0 saturated carbocycles. The van der Waals surface area contributed by atoms with Crippen molar-refractivity contribution in [3.63, 3.8) is 0 Å². The number of carbonyl (C=O) groups is 1. The lowest BCUT2D eigenvalue weighted by Gasteiger charge is -2.28. The molecule has 4 unspecified atom stereocenters. The van der Waals surface area contributed by atoms with Gasteiger partial charge in [0.2, 0.25) is 0 Å². The van der Waals surface area contributed by atoms with Gasteiger partial charge in [-0.05, 0) is 51.1 Å². The molecule has 7 nitrogen and oxygen atoms in total. The lowest BCUT2D eigenvalue weighted by atomic mass is 10.2. The van der Waals surface area contributed by atoms with Crippen LogP contribution in [0.25, 0.3) is 0 Å². The first-order valence-corrected chi connectivity index (χ1v) is 11.2. The van der Waals surface area contributed by atoms with Gasteiger partial charge >= 0.3 is 12.6 Å². The first-order valence-electron chi connectivity index (χ1n) is 8.56. The molecule has 0 radical (unpaired) electrons. The van der Waals surface area contributed by atoms with E-state index < -0.39 is 30.9 Å². The van der Waals surface area contributed by atoms with Crippen LogP contribution in [-0.2, 0) is 30.6 Å². The minimum absolute atomic E-state index is 0.0736. The van der Waals surface area contributed by atoms with Gasteiger partial charge < -0.3 is 23.6 Å². The Morgan fingerprint density at radius 3 is 2.65 bits per heavy atom. The van der Waals surface area contributed by atoms with Gasteiger partial charge in [0.15, 0.2) is 0 Å². The van der Waals surface area contributed by atoms with Crippen molar-refractivity contribution in [1.82, 2.24) is 5.09 Å². The fourth-order valence-electron chi connectivity index (χ4n) is 2.30. The average molecular weight is 403 g/mol. The summed E-state index contributed by atoms with van der Waals surface area (Å²) in [4.78, 5) is 12.1. The maximum atomic E-state index is 12.1. The third-order valence-corrected chi connectivity index (χ3v) is 6.11. The Bertz CT molecular complexity index is 629. The summed E-state index contributed by atoms with van der Waals surface area (Å²) in [6, 6.07) is 8.29. The van der Waals surface area contributed by atoms with Crippen molar-refractivity contribution in [2.24, 2.45) is 0 Å². The number of aliphatic hydroxyl groups excluding tert-OH is 1. The van der Waals surface area contributed by atoms with Gasteiger partial charge in [-0.15, -0.1) is 0 Å². The Balaban J connectivity index is 2.06. The van der Waals surface area contributed by atoms with Crippen molar-refractivity contribution in [1.29, 1.82) is 0 Å². The lowest BCUT2D eigenvalue weighted by Crippen LogP contribution is -2.37. The highest BCUT2D eigenvalue weighted by Gasteiger charge is 2.32. The third-order valence-electron chi connectivity index (χ3n) is 3.61. The molecule has 2 rings (SSSR count).